The van der Waals surface area contributed by atoms with Gasteiger partial charge in [-0.2, -0.15) is 14.7 Å². The molecule has 0 atom stereocenters. The molecule has 0 fully saturated rings. The third-order valence-corrected chi connectivity index (χ3v) is 2.75. The Bertz CT molecular complexity index is 311. The van der Waals surface area contributed by atoms with Crippen molar-refractivity contribution in [2.24, 2.45) is 0 Å². The maximum absolute atomic E-state index is 8.80. The molecule has 0 aromatic heterocycles. The fourth-order valence-corrected chi connectivity index (χ4v) is 2.18. The second kappa shape index (κ2) is 4.09. The number of rotatable bonds is 2. The minimum absolute atomic E-state index is 0.247. The van der Waals surface area contributed by atoms with Crippen LogP contribution in [-0.4, -0.2) is 14.7 Å². The van der Waals surface area contributed by atoms with Crippen LogP contribution >= 0.6 is 31.1 Å². The van der Waals surface area contributed by atoms with Gasteiger partial charge in [0.2, 0.25) is 0 Å². The van der Waals surface area contributed by atoms with Gasteiger partial charge in [-0.15, -0.1) is 0 Å². The zero-order valence-electron chi connectivity index (χ0n) is 6.48. The summed E-state index contributed by atoms with van der Waals surface area (Å²) in [4.78, 5) is 26.4. The first-order chi connectivity index (χ1) is 5.88. The molecule has 0 aliphatic rings. The van der Waals surface area contributed by atoms with Crippen LogP contribution in [0.15, 0.2) is 18.2 Å². The minimum atomic E-state index is -3.81. The van der Waals surface area contributed by atoms with Crippen LogP contribution in [0.4, 0.5) is 0 Å². The first-order valence-corrected chi connectivity index (χ1v) is 5.97. The normalized spacial score (nSPS) is 11.8. The number of benzene rings is 1. The Hall–Kier alpha value is 0.110. The Morgan fingerprint density at radius 3 is 2.23 bits per heavy atom. The molecule has 1 rings (SSSR count). The van der Waals surface area contributed by atoms with E-state index in [0.29, 0.717) is 15.6 Å². The predicted molar refractivity (Wildman–Crippen MR) is 53.7 cm³/mol. The van der Waals surface area contributed by atoms with Crippen LogP contribution in [0.1, 0.15) is 5.56 Å². The summed E-state index contributed by atoms with van der Waals surface area (Å²) in [6, 6.07) is 4.59. The van der Waals surface area contributed by atoms with Gasteiger partial charge in [-0.3, -0.25) is 0 Å². The van der Waals surface area contributed by atoms with Gasteiger partial charge in [0.05, 0.1) is 0 Å². The van der Waals surface area contributed by atoms with Gasteiger partial charge in [0.15, 0.2) is 6.16 Å². The maximum Gasteiger partial charge on any atom is 0.408 e. The maximum atomic E-state index is 8.80. The zero-order chi connectivity index (χ0) is 10.1. The molecule has 0 saturated carbocycles. The molecule has 1 aromatic carbocycles. The molecule has 0 radical (unpaired) electrons. The van der Waals surface area contributed by atoms with Crippen molar-refractivity contribution in [2.45, 2.75) is 6.16 Å². The average Bonchev–Trinajstić information content (AvgIpc) is 1.93. The lowest BCUT2D eigenvalue weighted by Crippen LogP contribution is -1.94. The van der Waals surface area contributed by atoms with E-state index < -0.39 is 7.94 Å². The lowest BCUT2D eigenvalue weighted by molar-refractivity contribution is 0.329. The van der Waals surface area contributed by atoms with Crippen LogP contribution in [0, 0.1) is 0 Å². The summed E-state index contributed by atoms with van der Waals surface area (Å²) in [5.41, 5.74) is 0.465. The second-order valence-electron chi connectivity index (χ2n) is 2.59. The summed E-state index contributed by atoms with van der Waals surface area (Å²) >= 11 is 11.4. The molecule has 72 valence electrons. The Balaban J connectivity index is 2.90. The summed E-state index contributed by atoms with van der Waals surface area (Å²) in [5, 5.41) is 0.778. The molecule has 6 heteroatoms. The quantitative estimate of drug-likeness (QED) is 0.697. The van der Waals surface area contributed by atoms with Crippen molar-refractivity contribution in [1.29, 1.82) is 0 Å². The SMILES string of the molecule is O[P+](O)(O)Cc1ccc(Cl)cc1Cl. The molecule has 0 aliphatic carbocycles. The second-order valence-corrected chi connectivity index (χ2v) is 5.13. The van der Waals surface area contributed by atoms with Crippen LogP contribution < -0.4 is 0 Å². The van der Waals surface area contributed by atoms with E-state index in [0.717, 1.165) is 0 Å². The summed E-state index contributed by atoms with van der Waals surface area (Å²) in [7, 11) is -3.81. The zero-order valence-corrected chi connectivity index (χ0v) is 8.89. The minimum Gasteiger partial charge on any atom is -0.193 e. The Kier molecular flexibility index (Phi) is 3.52. The first-order valence-electron chi connectivity index (χ1n) is 3.39. The van der Waals surface area contributed by atoms with E-state index in [4.69, 9.17) is 37.9 Å². The van der Waals surface area contributed by atoms with E-state index in [2.05, 4.69) is 0 Å². The van der Waals surface area contributed by atoms with Crippen molar-refractivity contribution >= 4 is 31.1 Å². The molecule has 0 bridgehead atoms. The Labute approximate surface area is 86.1 Å². The molecular weight excluding hydrogens is 234 g/mol. The standard InChI is InChI=1S/C7H8Cl2O3P/c8-6-2-1-5(7(9)3-6)4-13(10,11)12/h1-3,10-12H,4H2/q+1. The summed E-state index contributed by atoms with van der Waals surface area (Å²) in [5.74, 6) is 0. The van der Waals surface area contributed by atoms with E-state index in [1.807, 2.05) is 0 Å². The van der Waals surface area contributed by atoms with Crippen molar-refractivity contribution in [1.82, 2.24) is 0 Å². The molecular formula is C7H8Cl2O3P+. The highest BCUT2D eigenvalue weighted by Crippen LogP contribution is 2.49. The smallest absolute Gasteiger partial charge is 0.193 e. The number of halogens is 2. The molecule has 3 N–H and O–H groups in total. The Morgan fingerprint density at radius 2 is 1.77 bits per heavy atom. The molecule has 0 spiro atoms. The highest BCUT2D eigenvalue weighted by molar-refractivity contribution is 7.57. The third kappa shape index (κ3) is 3.77. The Morgan fingerprint density at radius 1 is 1.15 bits per heavy atom. The van der Waals surface area contributed by atoms with Crippen molar-refractivity contribution in [3.63, 3.8) is 0 Å². The van der Waals surface area contributed by atoms with E-state index in [1.54, 1.807) is 12.1 Å². The summed E-state index contributed by atoms with van der Waals surface area (Å²) in [6.07, 6.45) is -0.247. The molecule has 13 heavy (non-hydrogen) atoms. The molecule has 0 saturated heterocycles. The van der Waals surface area contributed by atoms with Gasteiger partial charge in [-0.1, -0.05) is 29.3 Å². The molecule has 0 amide bonds. The van der Waals surface area contributed by atoms with E-state index in [9.17, 15) is 0 Å². The highest BCUT2D eigenvalue weighted by atomic mass is 35.5. The van der Waals surface area contributed by atoms with Gasteiger partial charge in [0, 0.05) is 15.6 Å². The number of hydrogen-bond donors (Lipinski definition) is 3. The van der Waals surface area contributed by atoms with Crippen molar-refractivity contribution < 1.29 is 14.7 Å². The molecule has 1 aromatic rings. The molecule has 0 heterocycles. The summed E-state index contributed by atoms with van der Waals surface area (Å²) < 4.78 is 0. The highest BCUT2D eigenvalue weighted by Gasteiger charge is 2.30. The number of hydrogen-bond acceptors (Lipinski definition) is 3. The third-order valence-electron chi connectivity index (χ3n) is 1.40. The van der Waals surface area contributed by atoms with Gasteiger partial charge < -0.3 is 0 Å². The van der Waals surface area contributed by atoms with Crippen LogP contribution in [0.2, 0.25) is 10.0 Å². The lowest BCUT2D eigenvalue weighted by Gasteiger charge is -2.05. The first kappa shape index (κ1) is 11.2. The van der Waals surface area contributed by atoms with Gasteiger partial charge >= 0.3 is 7.94 Å². The van der Waals surface area contributed by atoms with E-state index in [-0.39, 0.29) is 6.16 Å². The van der Waals surface area contributed by atoms with Crippen LogP contribution in [0.25, 0.3) is 0 Å². The van der Waals surface area contributed by atoms with Crippen LogP contribution in [0.5, 0.6) is 0 Å². The van der Waals surface area contributed by atoms with Gasteiger partial charge in [0.1, 0.15) is 0 Å². The van der Waals surface area contributed by atoms with Crippen molar-refractivity contribution in [2.75, 3.05) is 0 Å². The fraction of sp³-hybridized carbons (Fsp3) is 0.143. The van der Waals surface area contributed by atoms with Crippen LogP contribution in [-0.2, 0) is 6.16 Å². The molecule has 0 aliphatic heterocycles. The fourth-order valence-electron chi connectivity index (χ4n) is 0.878. The largest absolute Gasteiger partial charge is 0.408 e. The van der Waals surface area contributed by atoms with E-state index in [1.165, 1.54) is 6.07 Å². The van der Waals surface area contributed by atoms with Crippen molar-refractivity contribution in [3.8, 4) is 0 Å². The monoisotopic (exact) mass is 241 g/mol. The van der Waals surface area contributed by atoms with Gasteiger partial charge in [-0.05, 0) is 12.1 Å². The molecule has 3 nitrogen and oxygen atoms in total. The lowest BCUT2D eigenvalue weighted by atomic mass is 10.2. The van der Waals surface area contributed by atoms with Gasteiger partial charge in [-0.25, -0.2) is 0 Å². The van der Waals surface area contributed by atoms with Gasteiger partial charge in [0.25, 0.3) is 0 Å². The average molecular weight is 242 g/mol. The summed E-state index contributed by atoms with van der Waals surface area (Å²) in [6.45, 7) is 0. The van der Waals surface area contributed by atoms with Crippen LogP contribution in [0.3, 0.4) is 0 Å². The van der Waals surface area contributed by atoms with E-state index >= 15 is 0 Å². The van der Waals surface area contributed by atoms with Crippen molar-refractivity contribution in [3.05, 3.63) is 33.8 Å². The predicted octanol–water partition coefficient (Wildman–Crippen LogP) is 2.23. The topological polar surface area (TPSA) is 60.7 Å². The molecule has 0 unspecified atom stereocenters.